The Balaban J connectivity index is 0.000000401. The maximum absolute atomic E-state index is 6.07. The molecule has 10 radical (unpaired) electrons. The van der Waals surface area contributed by atoms with E-state index in [4.69, 9.17) is 9.47 Å². The molecule has 0 aromatic heterocycles. The SMILES string of the molecule is C[C@H]1OC([C]2[CH][CH][CH][C]2P(c2ccccc2)c2ccccc2)O[C@@H]1C.[CH]1[CH][CH][CH][CH]1.[Fe+2]. The van der Waals surface area contributed by atoms with Crippen LogP contribution < -0.4 is 10.6 Å². The maximum atomic E-state index is 6.07. The van der Waals surface area contributed by atoms with Gasteiger partial charge in [-0.2, -0.15) is 0 Å². The minimum Gasteiger partial charge on any atom is -0.346 e. The number of benzene rings is 2. The first-order valence-corrected chi connectivity index (χ1v) is 11.7. The molecule has 0 bridgehead atoms. The third-order valence-electron chi connectivity index (χ3n) is 5.24. The molecule has 2 aromatic carbocycles. The molecule has 0 N–H and O–H groups in total. The third kappa shape index (κ3) is 6.43. The van der Waals surface area contributed by atoms with Crippen LogP contribution in [0.2, 0.25) is 0 Å². The second-order valence-corrected chi connectivity index (χ2v) is 9.53. The van der Waals surface area contributed by atoms with Gasteiger partial charge < -0.3 is 9.47 Å². The molecule has 0 amide bonds. The van der Waals surface area contributed by atoms with Gasteiger partial charge in [-0.05, 0) is 83.7 Å². The van der Waals surface area contributed by atoms with E-state index in [0.29, 0.717) is 0 Å². The molecule has 0 unspecified atom stereocenters. The summed E-state index contributed by atoms with van der Waals surface area (Å²) in [5.74, 6) is 1.16. The van der Waals surface area contributed by atoms with E-state index in [2.05, 4.69) is 93.8 Å². The van der Waals surface area contributed by atoms with E-state index in [1.807, 2.05) is 32.1 Å². The monoisotopic (exact) mass is 470 g/mol. The molecular formula is C27H27FeO2P+2. The van der Waals surface area contributed by atoms with Crippen LogP contribution >= 0.6 is 7.92 Å². The molecule has 2 nitrogen and oxygen atoms in total. The van der Waals surface area contributed by atoms with Gasteiger partial charge in [0.15, 0.2) is 6.29 Å². The molecule has 31 heavy (non-hydrogen) atoms. The Morgan fingerprint density at radius 1 is 0.613 bits per heavy atom. The van der Waals surface area contributed by atoms with Crippen molar-refractivity contribution in [3.63, 3.8) is 0 Å². The number of rotatable bonds is 4. The molecule has 2 aliphatic carbocycles. The van der Waals surface area contributed by atoms with Crippen molar-refractivity contribution < 1.29 is 26.5 Å². The summed E-state index contributed by atoms with van der Waals surface area (Å²) in [5, 5.41) is 2.69. The van der Waals surface area contributed by atoms with Crippen LogP contribution in [-0.4, -0.2) is 18.5 Å². The molecule has 2 atom stereocenters. The quantitative estimate of drug-likeness (QED) is 0.462. The molecule has 158 valence electrons. The summed E-state index contributed by atoms with van der Waals surface area (Å²) in [6.45, 7) is 4.15. The van der Waals surface area contributed by atoms with Gasteiger partial charge in [0.05, 0.1) is 12.2 Å². The maximum Gasteiger partial charge on any atom is 2.00 e. The van der Waals surface area contributed by atoms with Gasteiger partial charge in [-0.3, -0.25) is 0 Å². The Kier molecular flexibility index (Phi) is 10.1. The summed E-state index contributed by atoms with van der Waals surface area (Å²) in [5.41, 5.74) is 1.32. The largest absolute Gasteiger partial charge is 2.00 e. The Labute approximate surface area is 200 Å². The first kappa shape index (κ1) is 24.9. The summed E-state index contributed by atoms with van der Waals surface area (Å²) >= 11 is 0. The molecule has 2 saturated carbocycles. The van der Waals surface area contributed by atoms with Crippen LogP contribution in [0.4, 0.5) is 0 Å². The molecule has 1 saturated heterocycles. The van der Waals surface area contributed by atoms with E-state index in [0.717, 1.165) is 5.92 Å². The second-order valence-electron chi connectivity index (χ2n) is 7.35. The molecule has 1 heterocycles. The predicted molar refractivity (Wildman–Crippen MR) is 125 cm³/mol. The zero-order valence-electron chi connectivity index (χ0n) is 17.7. The molecule has 3 fully saturated rings. The first-order chi connectivity index (χ1) is 14.7. The fraction of sp³-hybridized carbons (Fsp3) is 0.185. The van der Waals surface area contributed by atoms with Crippen LogP contribution in [0.25, 0.3) is 0 Å². The van der Waals surface area contributed by atoms with Gasteiger partial charge in [-0.25, -0.2) is 0 Å². The van der Waals surface area contributed by atoms with Crippen molar-refractivity contribution in [1.82, 2.24) is 0 Å². The fourth-order valence-electron chi connectivity index (χ4n) is 3.52. The molecular weight excluding hydrogens is 443 g/mol. The average Bonchev–Trinajstić information content (AvgIpc) is 3.55. The van der Waals surface area contributed by atoms with Gasteiger partial charge in [0, 0.05) is 11.6 Å². The Morgan fingerprint density at radius 3 is 1.52 bits per heavy atom. The van der Waals surface area contributed by atoms with E-state index in [1.165, 1.54) is 16.3 Å². The van der Waals surface area contributed by atoms with Crippen LogP contribution in [0.5, 0.6) is 0 Å². The Hall–Kier alpha value is -0.691. The summed E-state index contributed by atoms with van der Waals surface area (Å²) in [4.78, 5) is 0. The first-order valence-electron chi connectivity index (χ1n) is 10.4. The predicted octanol–water partition coefficient (Wildman–Crippen LogP) is 5.02. The van der Waals surface area contributed by atoms with Crippen molar-refractivity contribution in [2.45, 2.75) is 32.3 Å². The van der Waals surface area contributed by atoms with Crippen molar-refractivity contribution in [2.24, 2.45) is 0 Å². The zero-order chi connectivity index (χ0) is 20.8. The third-order valence-corrected chi connectivity index (χ3v) is 7.76. The van der Waals surface area contributed by atoms with E-state index in [1.54, 1.807) is 0 Å². The molecule has 5 rings (SSSR count). The van der Waals surface area contributed by atoms with Gasteiger partial charge >= 0.3 is 17.1 Å². The van der Waals surface area contributed by atoms with Crippen molar-refractivity contribution in [2.75, 3.05) is 0 Å². The Morgan fingerprint density at radius 2 is 1.06 bits per heavy atom. The van der Waals surface area contributed by atoms with Crippen LogP contribution in [0.1, 0.15) is 13.8 Å². The normalized spacial score (nSPS) is 24.7. The van der Waals surface area contributed by atoms with E-state index in [9.17, 15) is 0 Å². The summed E-state index contributed by atoms with van der Waals surface area (Å²) < 4.78 is 12.1. The van der Waals surface area contributed by atoms with E-state index in [-0.39, 0.29) is 35.6 Å². The van der Waals surface area contributed by atoms with Crippen LogP contribution in [0.15, 0.2) is 60.7 Å². The minimum absolute atomic E-state index is 0. The second kappa shape index (κ2) is 12.5. The van der Waals surface area contributed by atoms with Crippen molar-refractivity contribution in [3.8, 4) is 0 Å². The van der Waals surface area contributed by atoms with Crippen molar-refractivity contribution >= 4 is 18.5 Å². The van der Waals surface area contributed by atoms with Crippen LogP contribution in [0.3, 0.4) is 0 Å². The van der Waals surface area contributed by atoms with Gasteiger partial charge in [0.2, 0.25) is 0 Å². The summed E-state index contributed by atoms with van der Waals surface area (Å²) in [6, 6.07) is 21.5. The smallest absolute Gasteiger partial charge is 0.346 e. The summed E-state index contributed by atoms with van der Waals surface area (Å²) in [7, 11) is -0.634. The summed E-state index contributed by atoms with van der Waals surface area (Å²) in [6.07, 6.45) is 16.5. The van der Waals surface area contributed by atoms with Crippen LogP contribution in [-0.2, 0) is 26.5 Å². The number of hydrogen-bond donors (Lipinski definition) is 0. The standard InChI is InChI=1S/C22H22O2P.C5H5.Fe/c1-16-17(2)24-22(23-16)20-14-9-15-21(20)25(18-10-5-3-6-11-18)19-12-7-4-8-13-19;1-2-4-5-3-1;/h3-17,22H,1-2H3;1-5H;/q;;+2/t16-,17-;;/m1../s1. The molecule has 2 aromatic rings. The zero-order valence-corrected chi connectivity index (χ0v) is 19.7. The van der Waals surface area contributed by atoms with E-state index < -0.39 is 7.92 Å². The van der Waals surface area contributed by atoms with Gasteiger partial charge in [-0.1, -0.05) is 60.7 Å². The molecule has 0 spiro atoms. The average molecular weight is 470 g/mol. The van der Waals surface area contributed by atoms with Gasteiger partial charge in [-0.15, -0.1) is 0 Å². The number of ether oxygens (including phenoxy) is 2. The van der Waals surface area contributed by atoms with Crippen molar-refractivity contribution in [3.05, 3.63) is 124 Å². The topological polar surface area (TPSA) is 18.5 Å². The van der Waals surface area contributed by atoms with Crippen molar-refractivity contribution in [1.29, 1.82) is 0 Å². The van der Waals surface area contributed by atoms with E-state index >= 15 is 0 Å². The fourth-order valence-corrected chi connectivity index (χ4v) is 5.99. The molecule has 1 aliphatic heterocycles. The van der Waals surface area contributed by atoms with Crippen LogP contribution in [0, 0.1) is 62.9 Å². The van der Waals surface area contributed by atoms with Gasteiger partial charge in [0.1, 0.15) is 0 Å². The minimum atomic E-state index is -0.634. The Bertz CT molecular complexity index is 695. The number of hydrogen-bond acceptors (Lipinski definition) is 2. The molecule has 3 aliphatic rings. The van der Waals surface area contributed by atoms with Gasteiger partial charge in [0.25, 0.3) is 0 Å². The molecule has 4 heteroatoms.